The van der Waals surface area contributed by atoms with Crippen LogP contribution in [0.15, 0.2) is 64.2 Å². The summed E-state index contributed by atoms with van der Waals surface area (Å²) in [5, 5.41) is 14.7. The van der Waals surface area contributed by atoms with E-state index in [0.29, 0.717) is 15.2 Å². The Bertz CT molecular complexity index is 856. The number of hydrogen-bond acceptors (Lipinski definition) is 4. The van der Waals surface area contributed by atoms with Crippen LogP contribution in [-0.2, 0) is 10.5 Å². The van der Waals surface area contributed by atoms with E-state index in [4.69, 9.17) is 4.74 Å². The van der Waals surface area contributed by atoms with Crippen molar-refractivity contribution in [3.63, 3.8) is 0 Å². The molecule has 0 aliphatic carbocycles. The third kappa shape index (κ3) is 4.14. The molecule has 27 heavy (non-hydrogen) atoms. The van der Waals surface area contributed by atoms with Gasteiger partial charge in [0.15, 0.2) is 12.3 Å². The van der Waals surface area contributed by atoms with E-state index in [1.165, 1.54) is 12.1 Å². The molecule has 2 aromatic rings. The number of rotatable bonds is 4. The molecule has 3 rings (SSSR count). The molecule has 1 heterocycles. The zero-order valence-electron chi connectivity index (χ0n) is 13.8. The van der Waals surface area contributed by atoms with Crippen LogP contribution in [-0.4, -0.2) is 34.5 Å². The fourth-order valence-corrected chi connectivity index (χ4v) is 2.89. The van der Waals surface area contributed by atoms with Crippen LogP contribution in [0.4, 0.5) is 13.2 Å². The van der Waals surface area contributed by atoms with Crippen molar-refractivity contribution in [2.24, 2.45) is 5.10 Å². The van der Waals surface area contributed by atoms with Crippen molar-refractivity contribution in [1.29, 1.82) is 0 Å². The lowest BCUT2D eigenvalue weighted by Gasteiger charge is -2.31. The fourth-order valence-electron chi connectivity index (χ4n) is 2.63. The number of halogens is 4. The Balaban J connectivity index is 1.88. The highest BCUT2D eigenvalue weighted by atomic mass is 79.9. The van der Waals surface area contributed by atoms with Gasteiger partial charge in [0.2, 0.25) is 0 Å². The zero-order chi connectivity index (χ0) is 19.7. The highest BCUT2D eigenvalue weighted by molar-refractivity contribution is 9.10. The summed E-state index contributed by atoms with van der Waals surface area (Å²) >= 11 is 3.22. The lowest BCUT2D eigenvalue weighted by atomic mass is 9.97. The van der Waals surface area contributed by atoms with Crippen molar-refractivity contribution >= 4 is 27.5 Å². The third-order valence-electron chi connectivity index (χ3n) is 3.96. The van der Waals surface area contributed by atoms with E-state index >= 15 is 0 Å². The number of hydrogen-bond donors (Lipinski definition) is 1. The van der Waals surface area contributed by atoms with Crippen LogP contribution >= 0.6 is 15.9 Å². The minimum absolute atomic E-state index is 0.113. The summed E-state index contributed by atoms with van der Waals surface area (Å²) in [6.07, 6.45) is -5.63. The van der Waals surface area contributed by atoms with E-state index in [9.17, 15) is 23.1 Å². The van der Waals surface area contributed by atoms with Gasteiger partial charge in [0.25, 0.3) is 5.91 Å². The Morgan fingerprint density at radius 1 is 1.19 bits per heavy atom. The first-order valence-corrected chi connectivity index (χ1v) is 8.63. The number of carbonyl (C=O) groups excluding carboxylic acids is 1. The first kappa shape index (κ1) is 19.4. The minimum Gasteiger partial charge on any atom is -0.484 e. The van der Waals surface area contributed by atoms with Crippen LogP contribution in [0.3, 0.4) is 0 Å². The molecule has 1 unspecified atom stereocenters. The van der Waals surface area contributed by atoms with E-state index in [1.807, 2.05) is 0 Å². The van der Waals surface area contributed by atoms with Gasteiger partial charge in [0.05, 0.1) is 6.42 Å². The molecule has 5 nitrogen and oxygen atoms in total. The van der Waals surface area contributed by atoms with Crippen molar-refractivity contribution in [3.05, 3.63) is 64.6 Å². The lowest BCUT2D eigenvalue weighted by molar-refractivity contribution is -0.160. The highest BCUT2D eigenvalue weighted by Crippen LogP contribution is 2.40. The first-order chi connectivity index (χ1) is 12.7. The number of amides is 1. The van der Waals surface area contributed by atoms with Crippen molar-refractivity contribution < 1.29 is 27.8 Å². The van der Waals surface area contributed by atoms with Gasteiger partial charge < -0.3 is 9.84 Å². The van der Waals surface area contributed by atoms with Crippen LogP contribution in [0, 0.1) is 0 Å². The van der Waals surface area contributed by atoms with E-state index in [2.05, 4.69) is 21.0 Å². The maximum atomic E-state index is 13.2. The van der Waals surface area contributed by atoms with Crippen LogP contribution in [0.25, 0.3) is 0 Å². The Hall–Kier alpha value is -2.39. The Kier molecular flexibility index (Phi) is 5.25. The van der Waals surface area contributed by atoms with Crippen LogP contribution in [0.2, 0.25) is 0 Å². The van der Waals surface area contributed by atoms with E-state index < -0.39 is 36.5 Å². The van der Waals surface area contributed by atoms with Gasteiger partial charge in [-0.2, -0.15) is 23.3 Å². The number of benzene rings is 2. The molecule has 0 saturated heterocycles. The standard InChI is InChI=1S/C18H14BrF3N2O3/c19-13-8-6-12(7-9-13)17(26)10-15(18(20,21)22)23-24(17)16(25)11-27-14-4-2-1-3-5-14/h1-9,26H,10-11H2. The molecule has 1 amide bonds. The predicted octanol–water partition coefficient (Wildman–Crippen LogP) is 3.82. The van der Waals surface area contributed by atoms with E-state index in [-0.39, 0.29) is 5.56 Å². The molecule has 0 radical (unpaired) electrons. The summed E-state index contributed by atoms with van der Waals surface area (Å²) in [6.45, 7) is -0.572. The summed E-state index contributed by atoms with van der Waals surface area (Å²) in [4.78, 5) is 12.5. The number of carbonyl (C=O) groups is 1. The van der Waals surface area contributed by atoms with Crippen molar-refractivity contribution in [3.8, 4) is 5.75 Å². The molecular weight excluding hydrogens is 429 g/mol. The number of nitrogens with zero attached hydrogens (tertiary/aromatic N) is 2. The summed E-state index contributed by atoms with van der Waals surface area (Å²) in [5.41, 5.74) is -3.37. The summed E-state index contributed by atoms with van der Waals surface area (Å²) in [5.74, 6) is -0.527. The van der Waals surface area contributed by atoms with Crippen molar-refractivity contribution in [1.82, 2.24) is 5.01 Å². The molecule has 9 heteroatoms. The van der Waals surface area contributed by atoms with E-state index in [1.54, 1.807) is 42.5 Å². The van der Waals surface area contributed by atoms with Crippen LogP contribution < -0.4 is 4.74 Å². The normalized spacial score (nSPS) is 19.7. The largest absolute Gasteiger partial charge is 0.484 e. The molecule has 0 spiro atoms. The molecule has 0 aromatic heterocycles. The summed E-state index contributed by atoms with van der Waals surface area (Å²) in [7, 11) is 0. The van der Waals surface area contributed by atoms with Gasteiger partial charge in [-0.05, 0) is 24.3 Å². The second-order valence-corrected chi connectivity index (χ2v) is 6.77. The van der Waals surface area contributed by atoms with Gasteiger partial charge in [0.1, 0.15) is 11.5 Å². The van der Waals surface area contributed by atoms with Crippen LogP contribution in [0.5, 0.6) is 5.75 Å². The number of ether oxygens (including phenoxy) is 1. The molecule has 1 atom stereocenters. The average molecular weight is 443 g/mol. The second kappa shape index (κ2) is 7.32. The van der Waals surface area contributed by atoms with Gasteiger partial charge >= 0.3 is 6.18 Å². The monoisotopic (exact) mass is 442 g/mol. The van der Waals surface area contributed by atoms with Gasteiger partial charge in [-0.1, -0.05) is 46.3 Å². The molecule has 0 saturated carbocycles. The smallest absolute Gasteiger partial charge is 0.431 e. The molecule has 0 fully saturated rings. The molecule has 2 aromatic carbocycles. The maximum Gasteiger partial charge on any atom is 0.431 e. The predicted molar refractivity (Wildman–Crippen MR) is 94.9 cm³/mol. The molecule has 1 aliphatic heterocycles. The second-order valence-electron chi connectivity index (χ2n) is 5.85. The minimum atomic E-state index is -4.77. The molecule has 0 bridgehead atoms. The maximum absolute atomic E-state index is 13.2. The number of para-hydroxylation sites is 1. The van der Waals surface area contributed by atoms with Gasteiger partial charge in [-0.15, -0.1) is 0 Å². The SMILES string of the molecule is O=C(COc1ccccc1)N1N=C(C(F)(F)F)CC1(O)c1ccc(Br)cc1. The van der Waals surface area contributed by atoms with Crippen molar-refractivity contribution in [2.75, 3.05) is 6.61 Å². The van der Waals surface area contributed by atoms with Gasteiger partial charge in [-0.25, -0.2) is 0 Å². The molecule has 142 valence electrons. The third-order valence-corrected chi connectivity index (χ3v) is 4.49. The number of aliphatic hydroxyl groups is 1. The molecule has 1 N–H and O–H groups in total. The summed E-state index contributed by atoms with van der Waals surface area (Å²) < 4.78 is 45.4. The van der Waals surface area contributed by atoms with E-state index in [0.717, 1.165) is 0 Å². The van der Waals surface area contributed by atoms with Gasteiger partial charge in [-0.3, -0.25) is 4.79 Å². The topological polar surface area (TPSA) is 62.1 Å². The van der Waals surface area contributed by atoms with Gasteiger partial charge in [0, 0.05) is 10.0 Å². The molecule has 1 aliphatic rings. The Morgan fingerprint density at radius 3 is 2.41 bits per heavy atom. The average Bonchev–Trinajstić information content (AvgIpc) is 3.00. The van der Waals surface area contributed by atoms with Crippen molar-refractivity contribution in [2.45, 2.75) is 18.3 Å². The lowest BCUT2D eigenvalue weighted by Crippen LogP contribution is -2.45. The zero-order valence-corrected chi connectivity index (χ0v) is 15.4. The first-order valence-electron chi connectivity index (χ1n) is 7.84. The Morgan fingerprint density at radius 2 is 1.81 bits per heavy atom. The highest BCUT2D eigenvalue weighted by Gasteiger charge is 2.53. The fraction of sp³-hybridized carbons (Fsp3) is 0.222. The number of hydrazone groups is 1. The summed E-state index contributed by atoms with van der Waals surface area (Å²) in [6, 6.07) is 14.3. The molecular formula is C18H14BrF3N2O3. The quantitative estimate of drug-likeness (QED) is 0.782. The number of alkyl halides is 3. The van der Waals surface area contributed by atoms with Crippen LogP contribution in [0.1, 0.15) is 12.0 Å². The Labute approximate surface area is 161 Å².